The number of nitrogens with one attached hydrogen (secondary N) is 1. The summed E-state index contributed by atoms with van der Waals surface area (Å²) in [6.45, 7) is 4.98. The Morgan fingerprint density at radius 3 is 2.74 bits per heavy atom. The molecule has 1 aromatic carbocycles. The van der Waals surface area contributed by atoms with Crippen LogP contribution in [0, 0.1) is 5.82 Å². The van der Waals surface area contributed by atoms with Crippen LogP contribution in [0.5, 0.6) is 0 Å². The van der Waals surface area contributed by atoms with E-state index in [4.69, 9.17) is 0 Å². The van der Waals surface area contributed by atoms with Gasteiger partial charge in [0.25, 0.3) is 0 Å². The average molecular weight is 265 g/mol. The maximum Gasteiger partial charge on any atom is 0.146 e. The molecule has 1 aromatic rings. The van der Waals surface area contributed by atoms with Crippen molar-refractivity contribution in [2.24, 2.45) is 0 Å². The standard InChI is InChI=1S/C15H24FN3/c1-12-10-19(15-7-5-4-6-14(15)16)11-13(18(12)3)8-9-17-2/h4-7,12-13,17H,8-11H2,1-3H3. The normalized spacial score (nSPS) is 24.7. The van der Waals surface area contributed by atoms with Crippen LogP contribution in [0.3, 0.4) is 0 Å². The summed E-state index contributed by atoms with van der Waals surface area (Å²) in [7, 11) is 4.14. The molecule has 1 aliphatic rings. The summed E-state index contributed by atoms with van der Waals surface area (Å²) in [5.41, 5.74) is 0.733. The number of para-hydroxylation sites is 1. The monoisotopic (exact) mass is 265 g/mol. The Balaban J connectivity index is 2.12. The molecule has 0 bridgehead atoms. The summed E-state index contributed by atoms with van der Waals surface area (Å²) >= 11 is 0. The van der Waals surface area contributed by atoms with E-state index in [1.54, 1.807) is 12.1 Å². The fraction of sp³-hybridized carbons (Fsp3) is 0.600. The summed E-state index contributed by atoms with van der Waals surface area (Å²) in [5, 5.41) is 3.20. The topological polar surface area (TPSA) is 18.5 Å². The summed E-state index contributed by atoms with van der Waals surface area (Å²) < 4.78 is 13.9. The molecule has 2 atom stereocenters. The van der Waals surface area contributed by atoms with Gasteiger partial charge in [0.05, 0.1) is 5.69 Å². The van der Waals surface area contributed by atoms with E-state index in [9.17, 15) is 4.39 Å². The van der Waals surface area contributed by atoms with E-state index < -0.39 is 0 Å². The smallest absolute Gasteiger partial charge is 0.146 e. The lowest BCUT2D eigenvalue weighted by molar-refractivity contribution is 0.150. The molecule has 1 saturated heterocycles. The Kier molecular flexibility index (Phi) is 4.77. The molecule has 0 radical (unpaired) electrons. The quantitative estimate of drug-likeness (QED) is 0.897. The van der Waals surface area contributed by atoms with Gasteiger partial charge in [0.15, 0.2) is 0 Å². The maximum absolute atomic E-state index is 13.9. The first kappa shape index (κ1) is 14.3. The number of hydrogen-bond acceptors (Lipinski definition) is 3. The van der Waals surface area contributed by atoms with Gasteiger partial charge in [-0.15, -0.1) is 0 Å². The van der Waals surface area contributed by atoms with E-state index in [1.165, 1.54) is 0 Å². The third-order valence-electron chi connectivity index (χ3n) is 4.11. The molecular weight excluding hydrogens is 241 g/mol. The molecule has 4 heteroatoms. The van der Waals surface area contributed by atoms with E-state index >= 15 is 0 Å². The van der Waals surface area contributed by atoms with E-state index in [0.717, 1.165) is 31.7 Å². The van der Waals surface area contributed by atoms with Gasteiger partial charge in [0, 0.05) is 25.2 Å². The second-order valence-corrected chi connectivity index (χ2v) is 5.42. The summed E-state index contributed by atoms with van der Waals surface area (Å²) in [4.78, 5) is 4.59. The number of likely N-dealkylation sites (N-methyl/N-ethyl adjacent to an activating group) is 1. The van der Waals surface area contributed by atoms with Gasteiger partial charge < -0.3 is 10.2 Å². The average Bonchev–Trinajstić information content (AvgIpc) is 2.41. The molecule has 0 amide bonds. The highest BCUT2D eigenvalue weighted by atomic mass is 19.1. The summed E-state index contributed by atoms with van der Waals surface area (Å²) in [6.07, 6.45) is 1.09. The highest BCUT2D eigenvalue weighted by molar-refractivity contribution is 5.48. The molecule has 0 spiro atoms. The van der Waals surface area contributed by atoms with Gasteiger partial charge in [-0.1, -0.05) is 12.1 Å². The number of benzene rings is 1. The molecule has 1 fully saturated rings. The first-order chi connectivity index (χ1) is 9.13. The van der Waals surface area contributed by atoms with Crippen LogP contribution in [0.2, 0.25) is 0 Å². The SMILES string of the molecule is CNCCC1CN(c2ccccc2F)CC(C)N1C. The van der Waals surface area contributed by atoms with Gasteiger partial charge in [-0.3, -0.25) is 4.90 Å². The van der Waals surface area contributed by atoms with Crippen molar-refractivity contribution in [1.82, 2.24) is 10.2 Å². The third kappa shape index (κ3) is 3.25. The fourth-order valence-electron chi connectivity index (χ4n) is 2.78. The second-order valence-electron chi connectivity index (χ2n) is 5.42. The van der Waals surface area contributed by atoms with Crippen LogP contribution in [0.1, 0.15) is 13.3 Å². The van der Waals surface area contributed by atoms with Crippen molar-refractivity contribution >= 4 is 5.69 Å². The molecular formula is C15H24FN3. The third-order valence-corrected chi connectivity index (χ3v) is 4.11. The van der Waals surface area contributed by atoms with Crippen LogP contribution in [0.15, 0.2) is 24.3 Å². The fourth-order valence-corrected chi connectivity index (χ4v) is 2.78. The second kappa shape index (κ2) is 6.35. The van der Waals surface area contributed by atoms with Gasteiger partial charge in [-0.25, -0.2) is 4.39 Å². The van der Waals surface area contributed by atoms with Crippen LogP contribution in [-0.2, 0) is 0 Å². The Bertz CT molecular complexity index is 410. The van der Waals surface area contributed by atoms with E-state index in [1.807, 2.05) is 19.2 Å². The molecule has 19 heavy (non-hydrogen) atoms. The Labute approximate surface area is 115 Å². The molecule has 1 aliphatic heterocycles. The predicted molar refractivity (Wildman–Crippen MR) is 78.2 cm³/mol. The molecule has 106 valence electrons. The van der Waals surface area contributed by atoms with Crippen LogP contribution < -0.4 is 10.2 Å². The molecule has 2 rings (SSSR count). The Morgan fingerprint density at radius 1 is 1.32 bits per heavy atom. The van der Waals surface area contributed by atoms with Crippen molar-refractivity contribution in [2.45, 2.75) is 25.4 Å². The van der Waals surface area contributed by atoms with E-state index in [-0.39, 0.29) is 5.82 Å². The van der Waals surface area contributed by atoms with Gasteiger partial charge in [0.1, 0.15) is 5.82 Å². The lowest BCUT2D eigenvalue weighted by Crippen LogP contribution is -2.56. The number of halogens is 1. The number of nitrogens with zero attached hydrogens (tertiary/aromatic N) is 2. The predicted octanol–water partition coefficient (Wildman–Crippen LogP) is 1.94. The first-order valence-electron chi connectivity index (χ1n) is 6.99. The number of hydrogen-bond donors (Lipinski definition) is 1. The van der Waals surface area contributed by atoms with Gasteiger partial charge >= 0.3 is 0 Å². The molecule has 0 aliphatic carbocycles. The highest BCUT2D eigenvalue weighted by Crippen LogP contribution is 2.24. The summed E-state index contributed by atoms with van der Waals surface area (Å²) in [6, 6.07) is 7.98. The minimum atomic E-state index is -0.119. The Morgan fingerprint density at radius 2 is 2.05 bits per heavy atom. The van der Waals surface area contributed by atoms with Crippen LogP contribution in [-0.4, -0.2) is 50.7 Å². The zero-order valence-corrected chi connectivity index (χ0v) is 12.1. The molecule has 0 aromatic heterocycles. The van der Waals surface area contributed by atoms with Gasteiger partial charge in [-0.2, -0.15) is 0 Å². The van der Waals surface area contributed by atoms with E-state index in [0.29, 0.717) is 12.1 Å². The number of anilines is 1. The van der Waals surface area contributed by atoms with Crippen molar-refractivity contribution in [1.29, 1.82) is 0 Å². The van der Waals surface area contributed by atoms with E-state index in [2.05, 4.69) is 29.1 Å². The molecule has 2 unspecified atom stereocenters. The largest absolute Gasteiger partial charge is 0.366 e. The first-order valence-corrected chi connectivity index (χ1v) is 6.99. The van der Waals surface area contributed by atoms with Crippen LogP contribution >= 0.6 is 0 Å². The van der Waals surface area contributed by atoms with Crippen molar-refractivity contribution in [3.63, 3.8) is 0 Å². The molecule has 1 heterocycles. The summed E-state index contributed by atoms with van der Waals surface area (Å²) in [5.74, 6) is -0.119. The minimum Gasteiger partial charge on any atom is -0.366 e. The van der Waals surface area contributed by atoms with Crippen molar-refractivity contribution in [3.8, 4) is 0 Å². The minimum absolute atomic E-state index is 0.119. The number of rotatable bonds is 4. The molecule has 1 N–H and O–H groups in total. The highest BCUT2D eigenvalue weighted by Gasteiger charge is 2.29. The van der Waals surface area contributed by atoms with Crippen LogP contribution in [0.25, 0.3) is 0 Å². The number of piperazine rings is 1. The lowest BCUT2D eigenvalue weighted by atomic mass is 10.0. The lowest BCUT2D eigenvalue weighted by Gasteiger charge is -2.45. The molecule has 3 nitrogen and oxygen atoms in total. The zero-order valence-electron chi connectivity index (χ0n) is 12.1. The Hall–Kier alpha value is -1.13. The maximum atomic E-state index is 13.9. The van der Waals surface area contributed by atoms with Crippen LogP contribution in [0.4, 0.5) is 10.1 Å². The van der Waals surface area contributed by atoms with Crippen molar-refractivity contribution < 1.29 is 4.39 Å². The zero-order chi connectivity index (χ0) is 13.8. The van der Waals surface area contributed by atoms with Crippen molar-refractivity contribution in [2.75, 3.05) is 38.6 Å². The van der Waals surface area contributed by atoms with Gasteiger partial charge in [-0.05, 0) is 46.1 Å². The van der Waals surface area contributed by atoms with Gasteiger partial charge in [0.2, 0.25) is 0 Å². The van der Waals surface area contributed by atoms with Crippen molar-refractivity contribution in [3.05, 3.63) is 30.1 Å². The molecule has 0 saturated carbocycles.